The second-order valence-electron chi connectivity index (χ2n) is 6.14. The van der Waals surface area contributed by atoms with E-state index in [1.165, 1.54) is 0 Å². The van der Waals surface area contributed by atoms with Gasteiger partial charge in [-0.1, -0.05) is 32.0 Å². The van der Waals surface area contributed by atoms with Crippen molar-refractivity contribution >= 4 is 17.5 Å². The van der Waals surface area contributed by atoms with Crippen LogP contribution < -0.4 is 10.6 Å². The zero-order valence-corrected chi connectivity index (χ0v) is 13.3. The Morgan fingerprint density at radius 1 is 1.24 bits per heavy atom. The smallest absolute Gasteiger partial charge is 0.313 e. The Morgan fingerprint density at radius 2 is 1.86 bits per heavy atom. The van der Waals surface area contributed by atoms with E-state index in [4.69, 9.17) is 5.11 Å². The number of anilines is 1. The molecule has 3 N–H and O–H groups in total. The summed E-state index contributed by atoms with van der Waals surface area (Å²) in [6.45, 7) is 8.99. The van der Waals surface area contributed by atoms with Crippen LogP contribution in [0.25, 0.3) is 0 Å². The number of nitrogens with one attached hydrogen (secondary N) is 2. The van der Waals surface area contributed by atoms with Gasteiger partial charge in [-0.2, -0.15) is 0 Å². The van der Waals surface area contributed by atoms with Crippen LogP contribution in [0.15, 0.2) is 18.2 Å². The fourth-order valence-electron chi connectivity index (χ4n) is 1.92. The topological polar surface area (TPSA) is 78.4 Å². The third-order valence-corrected chi connectivity index (χ3v) is 3.22. The first-order valence-corrected chi connectivity index (χ1v) is 7.02. The molecule has 0 atom stereocenters. The predicted octanol–water partition coefficient (Wildman–Crippen LogP) is 1.94. The largest absolute Gasteiger partial charge is 0.394 e. The Kier molecular flexibility index (Phi) is 5.49. The van der Waals surface area contributed by atoms with Crippen molar-refractivity contribution in [3.63, 3.8) is 0 Å². The van der Waals surface area contributed by atoms with Gasteiger partial charge in [-0.15, -0.1) is 0 Å². The molecule has 0 aliphatic rings. The van der Waals surface area contributed by atoms with Crippen molar-refractivity contribution in [2.24, 2.45) is 0 Å². The van der Waals surface area contributed by atoms with Gasteiger partial charge >= 0.3 is 11.8 Å². The molecule has 0 aromatic heterocycles. The molecular weight excluding hydrogens is 268 g/mol. The maximum Gasteiger partial charge on any atom is 0.313 e. The fraction of sp³-hybridized carbons (Fsp3) is 0.500. The highest BCUT2D eigenvalue weighted by Crippen LogP contribution is 2.27. The van der Waals surface area contributed by atoms with Gasteiger partial charge in [-0.3, -0.25) is 9.59 Å². The average Bonchev–Trinajstić information content (AvgIpc) is 2.40. The Morgan fingerprint density at radius 3 is 2.38 bits per heavy atom. The van der Waals surface area contributed by atoms with Gasteiger partial charge in [0, 0.05) is 5.69 Å². The first-order chi connectivity index (χ1) is 9.68. The summed E-state index contributed by atoms with van der Waals surface area (Å²) in [5, 5.41) is 14.3. The summed E-state index contributed by atoms with van der Waals surface area (Å²) in [6.07, 6.45) is 0. The third kappa shape index (κ3) is 4.56. The Labute approximate surface area is 125 Å². The van der Waals surface area contributed by atoms with Crippen LogP contribution in [0.2, 0.25) is 0 Å². The first kappa shape index (κ1) is 17.2. The van der Waals surface area contributed by atoms with Gasteiger partial charge in [-0.05, 0) is 37.8 Å². The minimum Gasteiger partial charge on any atom is -0.394 e. The van der Waals surface area contributed by atoms with Gasteiger partial charge in [-0.25, -0.2) is 0 Å². The minimum absolute atomic E-state index is 0.233. The highest BCUT2D eigenvalue weighted by atomic mass is 16.3. The maximum absolute atomic E-state index is 12.0. The van der Waals surface area contributed by atoms with Crippen molar-refractivity contribution in [2.75, 3.05) is 11.9 Å². The number of aliphatic hydroxyl groups is 1. The Balaban J connectivity index is 2.92. The van der Waals surface area contributed by atoms with Crippen LogP contribution >= 0.6 is 0 Å². The summed E-state index contributed by atoms with van der Waals surface area (Å²) in [5.74, 6) is -1.25. The highest BCUT2D eigenvalue weighted by Gasteiger charge is 2.24. The number of aryl methyl sites for hydroxylation is 1. The molecule has 0 bridgehead atoms. The molecule has 21 heavy (non-hydrogen) atoms. The Hall–Kier alpha value is -1.88. The van der Waals surface area contributed by atoms with Gasteiger partial charge in [0.15, 0.2) is 0 Å². The third-order valence-electron chi connectivity index (χ3n) is 3.22. The van der Waals surface area contributed by atoms with Crippen molar-refractivity contribution in [3.05, 3.63) is 29.3 Å². The highest BCUT2D eigenvalue weighted by molar-refractivity contribution is 6.40. The van der Waals surface area contributed by atoms with E-state index in [9.17, 15) is 9.59 Å². The summed E-state index contributed by atoms with van der Waals surface area (Å²) in [5.41, 5.74) is 1.73. The lowest BCUT2D eigenvalue weighted by molar-refractivity contribution is -0.137. The molecular formula is C16H24N2O3. The molecule has 116 valence electrons. The first-order valence-electron chi connectivity index (χ1n) is 7.02. The minimum atomic E-state index is -0.832. The second-order valence-corrected chi connectivity index (χ2v) is 6.14. The van der Waals surface area contributed by atoms with Crippen LogP contribution in [-0.4, -0.2) is 29.1 Å². The van der Waals surface area contributed by atoms with E-state index >= 15 is 0 Å². The zero-order chi connectivity index (χ0) is 16.2. The molecule has 5 heteroatoms. The molecule has 0 heterocycles. The molecule has 0 spiro atoms. The SMILES string of the molecule is Cc1cccc(C(C)C)c1NC(=O)C(=O)NC(C)(C)CO. The number of hydrogen-bond acceptors (Lipinski definition) is 3. The normalized spacial score (nSPS) is 11.4. The molecule has 0 saturated carbocycles. The van der Waals surface area contributed by atoms with E-state index < -0.39 is 17.4 Å². The van der Waals surface area contributed by atoms with Gasteiger partial charge in [0.2, 0.25) is 0 Å². The summed E-state index contributed by atoms with van der Waals surface area (Å²) < 4.78 is 0. The van der Waals surface area contributed by atoms with Crippen molar-refractivity contribution in [1.82, 2.24) is 5.32 Å². The lowest BCUT2D eigenvalue weighted by Gasteiger charge is -2.23. The number of amides is 2. The van der Waals surface area contributed by atoms with E-state index in [0.717, 1.165) is 11.1 Å². The molecule has 0 aliphatic heterocycles. The maximum atomic E-state index is 12.0. The van der Waals surface area contributed by atoms with E-state index in [0.29, 0.717) is 5.69 Å². The van der Waals surface area contributed by atoms with E-state index in [1.807, 2.05) is 39.0 Å². The molecule has 0 radical (unpaired) electrons. The van der Waals surface area contributed by atoms with Crippen molar-refractivity contribution in [2.45, 2.75) is 46.1 Å². The molecule has 0 saturated heterocycles. The fourth-order valence-corrected chi connectivity index (χ4v) is 1.92. The molecule has 2 amide bonds. The average molecular weight is 292 g/mol. The molecule has 1 aromatic rings. The van der Waals surface area contributed by atoms with E-state index in [-0.39, 0.29) is 12.5 Å². The lowest BCUT2D eigenvalue weighted by Crippen LogP contribution is -2.50. The zero-order valence-electron chi connectivity index (χ0n) is 13.3. The number of carbonyl (C=O) groups is 2. The summed E-state index contributed by atoms with van der Waals surface area (Å²) in [4.78, 5) is 23.9. The van der Waals surface area contributed by atoms with Crippen molar-refractivity contribution in [3.8, 4) is 0 Å². The van der Waals surface area contributed by atoms with Crippen LogP contribution in [0.4, 0.5) is 5.69 Å². The van der Waals surface area contributed by atoms with Crippen LogP contribution in [0.3, 0.4) is 0 Å². The predicted molar refractivity (Wildman–Crippen MR) is 83.2 cm³/mol. The van der Waals surface area contributed by atoms with Crippen LogP contribution in [0.5, 0.6) is 0 Å². The van der Waals surface area contributed by atoms with Crippen LogP contribution in [0, 0.1) is 6.92 Å². The number of rotatable bonds is 4. The monoisotopic (exact) mass is 292 g/mol. The van der Waals surface area contributed by atoms with Crippen LogP contribution in [-0.2, 0) is 9.59 Å². The van der Waals surface area contributed by atoms with Gasteiger partial charge < -0.3 is 15.7 Å². The van der Waals surface area contributed by atoms with Gasteiger partial charge in [0.05, 0.1) is 12.1 Å². The van der Waals surface area contributed by atoms with Gasteiger partial charge in [0.1, 0.15) is 0 Å². The summed E-state index contributed by atoms with van der Waals surface area (Å²) >= 11 is 0. The molecule has 1 rings (SSSR count). The molecule has 5 nitrogen and oxygen atoms in total. The standard InChI is InChI=1S/C16H24N2O3/c1-10(2)12-8-6-7-11(3)13(12)17-14(20)15(21)18-16(4,5)9-19/h6-8,10,19H,9H2,1-5H3,(H,17,20)(H,18,21). The van der Waals surface area contributed by atoms with Gasteiger partial charge in [0.25, 0.3) is 0 Å². The van der Waals surface area contributed by atoms with Crippen molar-refractivity contribution in [1.29, 1.82) is 0 Å². The quantitative estimate of drug-likeness (QED) is 0.742. The van der Waals surface area contributed by atoms with Crippen molar-refractivity contribution < 1.29 is 14.7 Å². The summed E-state index contributed by atoms with van der Waals surface area (Å²) in [6, 6.07) is 5.75. The lowest BCUT2D eigenvalue weighted by atomic mass is 9.98. The number of hydrogen-bond donors (Lipinski definition) is 3. The number of aliphatic hydroxyl groups excluding tert-OH is 1. The number of benzene rings is 1. The van der Waals surface area contributed by atoms with E-state index in [1.54, 1.807) is 13.8 Å². The molecule has 1 aromatic carbocycles. The number of carbonyl (C=O) groups excluding carboxylic acids is 2. The number of para-hydroxylation sites is 1. The summed E-state index contributed by atoms with van der Waals surface area (Å²) in [7, 11) is 0. The van der Waals surface area contributed by atoms with Crippen LogP contribution in [0.1, 0.15) is 44.7 Å². The molecule has 0 unspecified atom stereocenters. The Bertz CT molecular complexity index is 536. The molecule has 0 fully saturated rings. The van der Waals surface area contributed by atoms with E-state index in [2.05, 4.69) is 10.6 Å². The molecule has 0 aliphatic carbocycles. The second kappa shape index (κ2) is 6.72.